The Morgan fingerprint density at radius 3 is 2.75 bits per heavy atom. The zero-order valence-electron chi connectivity index (χ0n) is 13.7. The van der Waals surface area contributed by atoms with Gasteiger partial charge in [-0.15, -0.1) is 0 Å². The number of fused-ring (bicyclic) bond motifs is 3. The summed E-state index contributed by atoms with van der Waals surface area (Å²) < 4.78 is 19.3. The van der Waals surface area contributed by atoms with Gasteiger partial charge in [-0.05, 0) is 29.2 Å². The number of ether oxygens (including phenoxy) is 1. The van der Waals surface area contributed by atoms with E-state index in [2.05, 4.69) is 0 Å². The maximum atomic E-state index is 13.3. The van der Waals surface area contributed by atoms with Crippen molar-refractivity contribution >= 4 is 5.91 Å². The van der Waals surface area contributed by atoms with Crippen LogP contribution in [0.25, 0.3) is 0 Å². The van der Waals surface area contributed by atoms with Gasteiger partial charge < -0.3 is 9.64 Å². The smallest absolute Gasteiger partial charge is 0.233 e. The second-order valence-corrected chi connectivity index (χ2v) is 6.83. The van der Waals surface area contributed by atoms with Gasteiger partial charge in [0.15, 0.2) is 0 Å². The molecule has 0 spiro atoms. The highest BCUT2D eigenvalue weighted by Crippen LogP contribution is 2.46. The van der Waals surface area contributed by atoms with E-state index in [1.807, 2.05) is 54.3 Å². The molecule has 0 radical (unpaired) electrons. The Balaban J connectivity index is 1.69. The van der Waals surface area contributed by atoms with Crippen LogP contribution < -0.4 is 0 Å². The van der Waals surface area contributed by atoms with Gasteiger partial charge in [-0.1, -0.05) is 48.5 Å². The molecule has 0 N–H and O–H groups in total. The lowest BCUT2D eigenvalue weighted by Gasteiger charge is -2.36. The van der Waals surface area contributed by atoms with Gasteiger partial charge in [0.05, 0.1) is 24.7 Å². The van der Waals surface area contributed by atoms with Crippen LogP contribution in [0.1, 0.15) is 35.1 Å². The van der Waals surface area contributed by atoms with Crippen LogP contribution in [-0.4, -0.2) is 23.0 Å². The molecular formula is C20H20FNO2. The summed E-state index contributed by atoms with van der Waals surface area (Å²) >= 11 is 0. The SMILES string of the molecule is C[C@]12CN(Cc3ccccc3)C(=O)[C@H]1c1cccc(CF)c1CO2. The van der Waals surface area contributed by atoms with Crippen LogP contribution in [0.4, 0.5) is 4.39 Å². The molecule has 0 aliphatic carbocycles. The highest BCUT2D eigenvalue weighted by molar-refractivity contribution is 5.88. The van der Waals surface area contributed by atoms with E-state index in [1.165, 1.54) is 0 Å². The minimum Gasteiger partial charge on any atom is -0.368 e. The molecule has 1 saturated heterocycles. The molecule has 2 aliphatic rings. The van der Waals surface area contributed by atoms with E-state index in [0.717, 1.165) is 16.7 Å². The van der Waals surface area contributed by atoms with Gasteiger partial charge in [-0.2, -0.15) is 0 Å². The minimum absolute atomic E-state index is 0.0679. The lowest BCUT2D eigenvalue weighted by Crippen LogP contribution is -2.40. The van der Waals surface area contributed by atoms with Crippen LogP contribution in [0.5, 0.6) is 0 Å². The molecule has 0 aromatic heterocycles. The maximum absolute atomic E-state index is 13.3. The van der Waals surface area contributed by atoms with Crippen LogP contribution in [0.2, 0.25) is 0 Å². The predicted molar refractivity (Wildman–Crippen MR) is 89.0 cm³/mol. The fourth-order valence-electron chi connectivity index (χ4n) is 3.98. The molecule has 0 unspecified atom stereocenters. The van der Waals surface area contributed by atoms with Gasteiger partial charge in [0.2, 0.25) is 5.91 Å². The van der Waals surface area contributed by atoms with Gasteiger partial charge in [0.1, 0.15) is 6.67 Å². The van der Waals surface area contributed by atoms with Crippen molar-refractivity contribution in [3.05, 3.63) is 70.8 Å². The first-order valence-corrected chi connectivity index (χ1v) is 8.26. The molecule has 0 bridgehead atoms. The van der Waals surface area contributed by atoms with Gasteiger partial charge in [-0.3, -0.25) is 4.79 Å². The summed E-state index contributed by atoms with van der Waals surface area (Å²) in [5, 5.41) is 0. The second kappa shape index (κ2) is 5.71. The number of hydrogen-bond donors (Lipinski definition) is 0. The Hall–Kier alpha value is -2.20. The van der Waals surface area contributed by atoms with Gasteiger partial charge in [0.25, 0.3) is 0 Å². The first kappa shape index (κ1) is 15.3. The Bertz CT molecular complexity index is 776. The summed E-state index contributed by atoms with van der Waals surface area (Å²) in [5.41, 5.74) is 2.96. The number of halogens is 1. The Labute approximate surface area is 141 Å². The Morgan fingerprint density at radius 2 is 2.00 bits per heavy atom. The highest BCUT2D eigenvalue weighted by Gasteiger charge is 2.53. The summed E-state index contributed by atoms with van der Waals surface area (Å²) in [7, 11) is 0. The lowest BCUT2D eigenvalue weighted by atomic mass is 9.80. The molecular weight excluding hydrogens is 305 g/mol. The van der Waals surface area contributed by atoms with E-state index in [0.29, 0.717) is 25.3 Å². The average Bonchev–Trinajstić information content (AvgIpc) is 2.86. The minimum atomic E-state index is -0.548. The van der Waals surface area contributed by atoms with Gasteiger partial charge in [-0.25, -0.2) is 4.39 Å². The third kappa shape index (κ3) is 2.33. The fraction of sp³-hybridized carbons (Fsp3) is 0.350. The summed E-state index contributed by atoms with van der Waals surface area (Å²) in [6.45, 7) is 2.97. The molecule has 4 heteroatoms. The molecule has 2 atom stereocenters. The van der Waals surface area contributed by atoms with E-state index in [4.69, 9.17) is 4.74 Å². The molecule has 124 valence electrons. The van der Waals surface area contributed by atoms with E-state index < -0.39 is 12.3 Å². The average molecular weight is 325 g/mol. The molecule has 3 nitrogen and oxygen atoms in total. The number of rotatable bonds is 3. The fourth-order valence-corrected chi connectivity index (χ4v) is 3.98. The quantitative estimate of drug-likeness (QED) is 0.863. The third-order valence-electron chi connectivity index (χ3n) is 5.20. The number of amides is 1. The predicted octanol–water partition coefficient (Wildman–Crippen LogP) is 3.57. The third-order valence-corrected chi connectivity index (χ3v) is 5.20. The normalized spacial score (nSPS) is 25.5. The van der Waals surface area contributed by atoms with Crippen molar-refractivity contribution in [2.75, 3.05) is 6.54 Å². The highest BCUT2D eigenvalue weighted by atomic mass is 19.1. The van der Waals surface area contributed by atoms with Crippen molar-refractivity contribution in [3.63, 3.8) is 0 Å². The summed E-state index contributed by atoms with van der Waals surface area (Å²) in [6, 6.07) is 15.5. The summed E-state index contributed by atoms with van der Waals surface area (Å²) in [6.07, 6.45) is 0. The Kier molecular flexibility index (Phi) is 3.65. The van der Waals surface area contributed by atoms with Crippen LogP contribution in [0.3, 0.4) is 0 Å². The largest absolute Gasteiger partial charge is 0.368 e. The van der Waals surface area contributed by atoms with Gasteiger partial charge >= 0.3 is 0 Å². The number of hydrogen-bond acceptors (Lipinski definition) is 2. The first-order valence-electron chi connectivity index (χ1n) is 8.26. The maximum Gasteiger partial charge on any atom is 0.233 e. The number of alkyl halides is 1. The van der Waals surface area contributed by atoms with Crippen molar-refractivity contribution in [2.45, 2.75) is 38.3 Å². The molecule has 2 heterocycles. The monoisotopic (exact) mass is 325 g/mol. The van der Waals surface area contributed by atoms with Crippen molar-refractivity contribution in [2.24, 2.45) is 0 Å². The van der Waals surface area contributed by atoms with Crippen molar-refractivity contribution in [1.29, 1.82) is 0 Å². The topological polar surface area (TPSA) is 29.5 Å². The van der Waals surface area contributed by atoms with Crippen molar-refractivity contribution in [1.82, 2.24) is 4.90 Å². The molecule has 2 aromatic carbocycles. The molecule has 1 amide bonds. The van der Waals surface area contributed by atoms with E-state index >= 15 is 0 Å². The number of benzene rings is 2. The summed E-state index contributed by atoms with van der Waals surface area (Å²) in [5.74, 6) is -0.283. The van der Waals surface area contributed by atoms with E-state index in [-0.39, 0.29) is 11.8 Å². The molecule has 2 aromatic rings. The Morgan fingerprint density at radius 1 is 1.21 bits per heavy atom. The van der Waals surface area contributed by atoms with Crippen molar-refractivity contribution < 1.29 is 13.9 Å². The molecule has 1 fully saturated rings. The zero-order chi connectivity index (χ0) is 16.7. The van der Waals surface area contributed by atoms with E-state index in [1.54, 1.807) is 6.07 Å². The number of carbonyl (C=O) groups excluding carboxylic acids is 1. The van der Waals surface area contributed by atoms with Crippen molar-refractivity contribution in [3.8, 4) is 0 Å². The first-order chi connectivity index (χ1) is 11.6. The van der Waals surface area contributed by atoms with Crippen LogP contribution in [0.15, 0.2) is 48.5 Å². The molecule has 2 aliphatic heterocycles. The molecule has 0 saturated carbocycles. The number of nitrogens with zero attached hydrogens (tertiary/aromatic N) is 1. The number of likely N-dealkylation sites (tertiary alicyclic amines) is 1. The standard InChI is InChI=1S/C20H20FNO2/c1-20-13-22(11-14-6-3-2-4-7-14)19(23)18(20)16-9-5-8-15(10-21)17(16)12-24-20/h2-9,18H,10-13H2,1H3/t18-,20+/m1/s1. The zero-order valence-corrected chi connectivity index (χ0v) is 13.7. The van der Waals surface area contributed by atoms with Crippen LogP contribution in [-0.2, 0) is 29.4 Å². The lowest BCUT2D eigenvalue weighted by molar-refractivity contribution is -0.131. The number of carbonyl (C=O) groups is 1. The van der Waals surface area contributed by atoms with E-state index in [9.17, 15) is 9.18 Å². The molecule has 4 rings (SSSR count). The molecule has 24 heavy (non-hydrogen) atoms. The second-order valence-electron chi connectivity index (χ2n) is 6.83. The van der Waals surface area contributed by atoms with Crippen LogP contribution >= 0.6 is 0 Å². The van der Waals surface area contributed by atoms with Crippen LogP contribution in [0, 0.1) is 0 Å². The summed E-state index contributed by atoms with van der Waals surface area (Å²) in [4.78, 5) is 14.9. The van der Waals surface area contributed by atoms with Gasteiger partial charge in [0, 0.05) is 6.54 Å².